The molecule has 3 aromatic rings. The van der Waals surface area contributed by atoms with Gasteiger partial charge in [0.25, 0.3) is 0 Å². The van der Waals surface area contributed by atoms with E-state index in [-0.39, 0.29) is 11.8 Å². The molecule has 0 fully saturated rings. The van der Waals surface area contributed by atoms with Crippen LogP contribution in [0.3, 0.4) is 0 Å². The van der Waals surface area contributed by atoms with E-state index in [4.69, 9.17) is 4.74 Å². The first-order valence-corrected chi connectivity index (χ1v) is 9.97. The molecule has 0 aliphatic rings. The van der Waals surface area contributed by atoms with Crippen LogP contribution >= 0.6 is 0 Å². The predicted molar refractivity (Wildman–Crippen MR) is 117 cm³/mol. The van der Waals surface area contributed by atoms with Crippen molar-refractivity contribution >= 4 is 23.1 Å². The minimum Gasteiger partial charge on any atom is -0.494 e. The zero-order valence-corrected chi connectivity index (χ0v) is 17.9. The van der Waals surface area contributed by atoms with Gasteiger partial charge in [0.2, 0.25) is 5.95 Å². The van der Waals surface area contributed by atoms with Crippen molar-refractivity contribution in [3.8, 4) is 5.75 Å². The highest BCUT2D eigenvalue weighted by atomic mass is 19.4. The maximum absolute atomic E-state index is 13.6. The van der Waals surface area contributed by atoms with Crippen LogP contribution in [0.25, 0.3) is 0 Å². The van der Waals surface area contributed by atoms with E-state index in [1.54, 1.807) is 24.3 Å². The Labute approximate surface area is 179 Å². The number of hydrogen-bond acceptors (Lipinski definition) is 5. The molecule has 8 heteroatoms. The van der Waals surface area contributed by atoms with Gasteiger partial charge >= 0.3 is 6.18 Å². The molecule has 0 unspecified atom stereocenters. The summed E-state index contributed by atoms with van der Waals surface area (Å²) in [7, 11) is 1.54. The quantitative estimate of drug-likeness (QED) is 0.462. The number of benzene rings is 2. The summed E-state index contributed by atoms with van der Waals surface area (Å²) in [5.41, 5.74) is 1.48. The van der Waals surface area contributed by atoms with Crippen LogP contribution in [-0.4, -0.2) is 23.6 Å². The molecule has 1 heterocycles. The fraction of sp³-hybridized carbons (Fsp3) is 0.304. The fourth-order valence-electron chi connectivity index (χ4n) is 3.02. The maximum Gasteiger partial charge on any atom is 0.421 e. The van der Waals surface area contributed by atoms with Crippen LogP contribution in [0.5, 0.6) is 5.75 Å². The molecule has 3 rings (SSSR count). The van der Waals surface area contributed by atoms with Crippen LogP contribution in [0.4, 0.5) is 36.3 Å². The lowest BCUT2D eigenvalue weighted by molar-refractivity contribution is -0.137. The van der Waals surface area contributed by atoms with Gasteiger partial charge in [-0.1, -0.05) is 26.0 Å². The predicted octanol–water partition coefficient (Wildman–Crippen LogP) is 6.53. The van der Waals surface area contributed by atoms with Gasteiger partial charge in [0.15, 0.2) is 5.82 Å². The molecule has 2 aromatic carbocycles. The fourth-order valence-corrected chi connectivity index (χ4v) is 3.02. The topological polar surface area (TPSA) is 50.3 Å². The van der Waals surface area contributed by atoms with E-state index >= 15 is 0 Å². The Balaban J connectivity index is 1.93. The van der Waals surface area contributed by atoms with Gasteiger partial charge in [0.05, 0.1) is 6.61 Å². The number of nitrogens with zero attached hydrogens (tertiary/aromatic N) is 3. The molecule has 0 amide bonds. The summed E-state index contributed by atoms with van der Waals surface area (Å²) in [6.45, 7) is 6.54. The summed E-state index contributed by atoms with van der Waals surface area (Å²) in [4.78, 5) is 9.45. The first kappa shape index (κ1) is 22.4. The number of anilines is 4. The second-order valence-corrected chi connectivity index (χ2v) is 7.32. The monoisotopic (exact) mass is 430 g/mol. The van der Waals surface area contributed by atoms with Crippen molar-refractivity contribution in [3.05, 3.63) is 65.9 Å². The molecule has 0 saturated heterocycles. The van der Waals surface area contributed by atoms with E-state index in [0.29, 0.717) is 29.6 Å². The molecule has 1 N–H and O–H groups in total. The van der Waals surface area contributed by atoms with Crippen molar-refractivity contribution in [2.24, 2.45) is 0 Å². The Morgan fingerprint density at radius 1 is 1.03 bits per heavy atom. The Kier molecular flexibility index (Phi) is 6.68. The van der Waals surface area contributed by atoms with Gasteiger partial charge < -0.3 is 15.0 Å². The van der Waals surface area contributed by atoms with Gasteiger partial charge in [-0.25, -0.2) is 4.98 Å². The third kappa shape index (κ3) is 5.45. The molecule has 0 saturated carbocycles. The first-order chi connectivity index (χ1) is 14.7. The molecule has 0 aliphatic carbocycles. The molecular formula is C23H25F3N4O. The molecule has 0 aliphatic heterocycles. The van der Waals surface area contributed by atoms with E-state index in [1.165, 1.54) is 11.9 Å². The zero-order valence-electron chi connectivity index (χ0n) is 17.9. The van der Waals surface area contributed by atoms with Gasteiger partial charge in [-0.3, -0.25) is 0 Å². The highest BCUT2D eigenvalue weighted by Crippen LogP contribution is 2.38. The Morgan fingerprint density at radius 3 is 2.23 bits per heavy atom. The Morgan fingerprint density at radius 2 is 1.68 bits per heavy atom. The van der Waals surface area contributed by atoms with Gasteiger partial charge in [0.1, 0.15) is 11.3 Å². The number of rotatable bonds is 7. The van der Waals surface area contributed by atoms with Crippen LogP contribution < -0.4 is 15.0 Å². The van der Waals surface area contributed by atoms with E-state index in [0.717, 1.165) is 11.8 Å². The smallest absolute Gasteiger partial charge is 0.421 e. The van der Waals surface area contributed by atoms with Gasteiger partial charge in [-0.2, -0.15) is 18.2 Å². The molecule has 0 spiro atoms. The number of nitrogens with one attached hydrogen (secondary N) is 1. The van der Waals surface area contributed by atoms with Gasteiger partial charge in [-0.05, 0) is 54.8 Å². The lowest BCUT2D eigenvalue weighted by Gasteiger charge is -2.23. The van der Waals surface area contributed by atoms with E-state index in [2.05, 4.69) is 29.1 Å². The Bertz CT molecular complexity index is 1000. The van der Waals surface area contributed by atoms with Crippen molar-refractivity contribution in [1.29, 1.82) is 0 Å². The number of ether oxygens (including phenoxy) is 1. The average molecular weight is 430 g/mol. The number of hydrogen-bond donors (Lipinski definition) is 1. The van der Waals surface area contributed by atoms with Crippen LogP contribution in [0.1, 0.15) is 37.8 Å². The molecule has 164 valence electrons. The van der Waals surface area contributed by atoms with Crippen molar-refractivity contribution < 1.29 is 17.9 Å². The molecule has 1 aromatic heterocycles. The summed E-state index contributed by atoms with van der Waals surface area (Å²) in [5, 5.41) is 2.99. The molecule has 31 heavy (non-hydrogen) atoms. The normalized spacial score (nSPS) is 11.5. The second kappa shape index (κ2) is 9.24. The number of halogens is 3. The SMILES string of the molecule is CCOc1ccc(N(C)c2nc(Nc3ccc(C(C)C)cc3)ncc2C(F)(F)F)cc1. The van der Waals surface area contributed by atoms with E-state index < -0.39 is 11.7 Å². The van der Waals surface area contributed by atoms with Crippen LogP contribution in [0, 0.1) is 0 Å². The molecule has 0 radical (unpaired) electrons. The molecule has 0 atom stereocenters. The minimum absolute atomic E-state index is 0.0816. The van der Waals surface area contributed by atoms with Crippen molar-refractivity contribution in [1.82, 2.24) is 9.97 Å². The Hall–Kier alpha value is -3.29. The highest BCUT2D eigenvalue weighted by Gasteiger charge is 2.36. The number of aromatic nitrogens is 2. The van der Waals surface area contributed by atoms with Crippen LogP contribution in [-0.2, 0) is 6.18 Å². The summed E-state index contributed by atoms with van der Waals surface area (Å²) >= 11 is 0. The third-order valence-corrected chi connectivity index (χ3v) is 4.76. The van der Waals surface area contributed by atoms with Crippen LogP contribution in [0.2, 0.25) is 0 Å². The van der Waals surface area contributed by atoms with Crippen molar-refractivity contribution in [3.63, 3.8) is 0 Å². The summed E-state index contributed by atoms with van der Waals surface area (Å²) in [6, 6.07) is 14.4. The summed E-state index contributed by atoms with van der Waals surface area (Å²) in [6.07, 6.45) is -3.79. The lowest BCUT2D eigenvalue weighted by atomic mass is 10.0. The maximum atomic E-state index is 13.6. The van der Waals surface area contributed by atoms with Gasteiger partial charge in [0, 0.05) is 24.6 Å². The first-order valence-electron chi connectivity index (χ1n) is 9.97. The highest BCUT2D eigenvalue weighted by molar-refractivity contribution is 5.65. The van der Waals surface area contributed by atoms with E-state index in [9.17, 15) is 13.2 Å². The summed E-state index contributed by atoms with van der Waals surface area (Å²) in [5.74, 6) is 0.863. The lowest BCUT2D eigenvalue weighted by Crippen LogP contribution is -2.19. The largest absolute Gasteiger partial charge is 0.494 e. The van der Waals surface area contributed by atoms with Crippen molar-refractivity contribution in [2.75, 3.05) is 23.9 Å². The third-order valence-electron chi connectivity index (χ3n) is 4.76. The zero-order chi connectivity index (χ0) is 22.6. The second-order valence-electron chi connectivity index (χ2n) is 7.32. The van der Waals surface area contributed by atoms with Crippen LogP contribution in [0.15, 0.2) is 54.7 Å². The molecular weight excluding hydrogens is 405 g/mol. The van der Waals surface area contributed by atoms with Crippen molar-refractivity contribution in [2.45, 2.75) is 32.9 Å². The van der Waals surface area contributed by atoms with Gasteiger partial charge in [-0.15, -0.1) is 0 Å². The van der Waals surface area contributed by atoms with E-state index in [1.807, 2.05) is 31.2 Å². The standard InChI is InChI=1S/C23H25F3N4O/c1-5-31-19-12-10-18(11-13-19)30(4)21-20(23(24,25)26)14-27-22(29-21)28-17-8-6-16(7-9-17)15(2)3/h6-15H,5H2,1-4H3,(H,27,28,29). The average Bonchev–Trinajstić information content (AvgIpc) is 2.73. The summed E-state index contributed by atoms with van der Waals surface area (Å²) < 4.78 is 46.3. The minimum atomic E-state index is -4.59. The molecule has 0 bridgehead atoms. The number of alkyl halides is 3. The molecule has 5 nitrogen and oxygen atoms in total.